The Balaban J connectivity index is 1.34. The van der Waals surface area contributed by atoms with Gasteiger partial charge in [0.2, 0.25) is 0 Å². The molecule has 5 heteroatoms. The molecule has 0 aromatic heterocycles. The van der Waals surface area contributed by atoms with Crippen LogP contribution in [-0.2, 0) is 11.3 Å². The predicted molar refractivity (Wildman–Crippen MR) is 120 cm³/mol. The molecule has 2 unspecified atom stereocenters. The van der Waals surface area contributed by atoms with Crippen molar-refractivity contribution < 1.29 is 9.47 Å². The minimum atomic E-state index is 0.350. The van der Waals surface area contributed by atoms with E-state index < -0.39 is 0 Å². The maximum atomic E-state index is 6.07. The number of hydrogen-bond donors (Lipinski definition) is 1. The molecule has 2 aliphatic rings. The van der Waals surface area contributed by atoms with Crippen LogP contribution >= 0.6 is 11.8 Å². The Morgan fingerprint density at radius 3 is 2.86 bits per heavy atom. The zero-order valence-electron chi connectivity index (χ0n) is 17.5. The minimum Gasteiger partial charge on any atom is -0.494 e. The molecule has 2 aromatic rings. The summed E-state index contributed by atoms with van der Waals surface area (Å²) in [5.74, 6) is 1.39. The van der Waals surface area contributed by atoms with Crippen molar-refractivity contribution in [3.8, 4) is 5.75 Å². The molecular weight excluding hydrogens is 380 g/mol. The van der Waals surface area contributed by atoms with Gasteiger partial charge in [0.1, 0.15) is 5.75 Å². The molecule has 0 saturated carbocycles. The second kappa shape index (κ2) is 9.98. The number of rotatable bonds is 7. The van der Waals surface area contributed by atoms with Gasteiger partial charge in [-0.2, -0.15) is 0 Å². The van der Waals surface area contributed by atoms with Crippen molar-refractivity contribution >= 4 is 11.8 Å². The van der Waals surface area contributed by atoms with Gasteiger partial charge in [0, 0.05) is 43.5 Å². The monoisotopic (exact) mass is 412 g/mol. The van der Waals surface area contributed by atoms with Crippen LogP contribution in [0.4, 0.5) is 0 Å². The average molecular weight is 413 g/mol. The van der Waals surface area contributed by atoms with Gasteiger partial charge in [0.25, 0.3) is 0 Å². The van der Waals surface area contributed by atoms with Crippen LogP contribution in [0.3, 0.4) is 0 Å². The van der Waals surface area contributed by atoms with Crippen molar-refractivity contribution in [2.75, 3.05) is 45.6 Å². The fourth-order valence-corrected chi connectivity index (χ4v) is 4.74. The normalized spacial score (nSPS) is 22.3. The van der Waals surface area contributed by atoms with Crippen LogP contribution in [0, 0.1) is 0 Å². The first-order valence-corrected chi connectivity index (χ1v) is 11.9. The Labute approximate surface area is 179 Å². The second-order valence-corrected chi connectivity index (χ2v) is 8.88. The van der Waals surface area contributed by atoms with E-state index in [1.165, 1.54) is 21.6 Å². The topological polar surface area (TPSA) is 33.7 Å². The molecule has 0 amide bonds. The summed E-state index contributed by atoms with van der Waals surface area (Å²) in [6, 6.07) is 15.6. The molecule has 1 fully saturated rings. The van der Waals surface area contributed by atoms with Gasteiger partial charge in [0.15, 0.2) is 0 Å². The van der Waals surface area contributed by atoms with Crippen LogP contribution in [0.2, 0.25) is 0 Å². The predicted octanol–water partition coefficient (Wildman–Crippen LogP) is 4.13. The SMILES string of the molecule is CSc1ccc(C2CNCc3cc(OCCCN4CCOC(C)C4)ccc32)cc1. The third kappa shape index (κ3) is 5.34. The third-order valence-electron chi connectivity index (χ3n) is 5.88. The van der Waals surface area contributed by atoms with Gasteiger partial charge in [-0.05, 0) is 60.6 Å². The number of nitrogens with one attached hydrogen (secondary N) is 1. The molecule has 1 saturated heterocycles. The standard InChI is InChI=1S/C24H32N2O2S/c1-18-17-26(11-13-27-18)10-3-12-28-21-6-9-23-20(14-21)15-25-16-24(23)19-4-7-22(29-2)8-5-19/h4-9,14,18,24-25H,3,10-13,15-17H2,1-2H3. The van der Waals surface area contributed by atoms with Crippen LogP contribution in [-0.4, -0.2) is 56.7 Å². The van der Waals surface area contributed by atoms with E-state index >= 15 is 0 Å². The summed E-state index contributed by atoms with van der Waals surface area (Å²) < 4.78 is 11.7. The van der Waals surface area contributed by atoms with Gasteiger partial charge in [-0.3, -0.25) is 4.90 Å². The molecule has 29 heavy (non-hydrogen) atoms. The Kier molecular flexibility index (Phi) is 7.14. The fourth-order valence-electron chi connectivity index (χ4n) is 4.33. The molecule has 0 aliphatic carbocycles. The lowest BCUT2D eigenvalue weighted by molar-refractivity contribution is -0.0193. The summed E-state index contributed by atoms with van der Waals surface area (Å²) in [5.41, 5.74) is 4.16. The van der Waals surface area contributed by atoms with Gasteiger partial charge in [-0.15, -0.1) is 11.8 Å². The summed E-state index contributed by atoms with van der Waals surface area (Å²) >= 11 is 1.79. The molecular formula is C24H32N2O2S. The van der Waals surface area contributed by atoms with Gasteiger partial charge in [-0.1, -0.05) is 18.2 Å². The highest BCUT2D eigenvalue weighted by molar-refractivity contribution is 7.98. The lowest BCUT2D eigenvalue weighted by Gasteiger charge is -2.31. The number of ether oxygens (including phenoxy) is 2. The van der Waals surface area contributed by atoms with Crippen molar-refractivity contribution in [2.24, 2.45) is 0 Å². The number of morpholine rings is 1. The minimum absolute atomic E-state index is 0.350. The molecule has 2 aliphatic heterocycles. The highest BCUT2D eigenvalue weighted by Gasteiger charge is 2.22. The van der Waals surface area contributed by atoms with E-state index in [4.69, 9.17) is 9.47 Å². The van der Waals surface area contributed by atoms with Crippen LogP contribution in [0.5, 0.6) is 5.75 Å². The summed E-state index contributed by atoms with van der Waals surface area (Å²) in [6.07, 6.45) is 3.52. The van der Waals surface area contributed by atoms with E-state index in [-0.39, 0.29) is 0 Å². The van der Waals surface area contributed by atoms with Crippen molar-refractivity contribution in [3.63, 3.8) is 0 Å². The maximum absolute atomic E-state index is 6.07. The lowest BCUT2D eigenvalue weighted by Crippen LogP contribution is -2.41. The van der Waals surface area contributed by atoms with Crippen molar-refractivity contribution in [1.29, 1.82) is 0 Å². The van der Waals surface area contributed by atoms with Gasteiger partial charge in [0.05, 0.1) is 19.3 Å². The first-order valence-electron chi connectivity index (χ1n) is 10.7. The van der Waals surface area contributed by atoms with Gasteiger partial charge < -0.3 is 14.8 Å². The van der Waals surface area contributed by atoms with E-state index in [2.05, 4.69) is 65.9 Å². The number of benzene rings is 2. The van der Waals surface area contributed by atoms with Gasteiger partial charge in [-0.25, -0.2) is 0 Å². The molecule has 4 nitrogen and oxygen atoms in total. The zero-order valence-corrected chi connectivity index (χ0v) is 18.3. The summed E-state index contributed by atoms with van der Waals surface area (Å²) in [5, 5.41) is 3.58. The quantitative estimate of drug-likeness (QED) is 0.546. The molecule has 0 spiro atoms. The van der Waals surface area contributed by atoms with E-state index in [1.807, 2.05) is 0 Å². The number of nitrogens with zero attached hydrogens (tertiary/aromatic N) is 1. The van der Waals surface area contributed by atoms with Crippen LogP contribution in [0.1, 0.15) is 36.0 Å². The summed E-state index contributed by atoms with van der Waals surface area (Å²) in [4.78, 5) is 3.79. The van der Waals surface area contributed by atoms with Gasteiger partial charge >= 0.3 is 0 Å². The maximum Gasteiger partial charge on any atom is 0.119 e. The first-order chi connectivity index (χ1) is 14.2. The molecule has 1 N–H and O–H groups in total. The average Bonchev–Trinajstić information content (AvgIpc) is 2.76. The third-order valence-corrected chi connectivity index (χ3v) is 6.63. The van der Waals surface area contributed by atoms with E-state index in [0.29, 0.717) is 12.0 Å². The van der Waals surface area contributed by atoms with E-state index in [1.54, 1.807) is 11.8 Å². The first kappa shape index (κ1) is 20.7. The van der Waals surface area contributed by atoms with Crippen molar-refractivity contribution in [1.82, 2.24) is 10.2 Å². The Bertz CT molecular complexity index is 796. The molecule has 0 bridgehead atoms. The molecule has 4 rings (SSSR count). The molecule has 156 valence electrons. The Morgan fingerprint density at radius 2 is 2.07 bits per heavy atom. The molecule has 2 aromatic carbocycles. The lowest BCUT2D eigenvalue weighted by atomic mass is 9.85. The molecule has 2 heterocycles. The van der Waals surface area contributed by atoms with E-state index in [0.717, 1.165) is 58.1 Å². The largest absolute Gasteiger partial charge is 0.494 e. The van der Waals surface area contributed by atoms with Crippen molar-refractivity contribution in [3.05, 3.63) is 59.2 Å². The number of hydrogen-bond acceptors (Lipinski definition) is 5. The Morgan fingerprint density at radius 1 is 1.21 bits per heavy atom. The Hall–Kier alpha value is -1.53. The summed E-state index contributed by atoms with van der Waals surface area (Å²) in [7, 11) is 0. The van der Waals surface area contributed by atoms with E-state index in [9.17, 15) is 0 Å². The number of fused-ring (bicyclic) bond motifs is 1. The smallest absolute Gasteiger partial charge is 0.119 e. The van der Waals surface area contributed by atoms with Crippen LogP contribution in [0.25, 0.3) is 0 Å². The van der Waals surface area contributed by atoms with Crippen LogP contribution < -0.4 is 10.1 Å². The second-order valence-electron chi connectivity index (χ2n) is 8.00. The summed E-state index contributed by atoms with van der Waals surface area (Å²) in [6.45, 7) is 8.81. The molecule has 2 atom stereocenters. The van der Waals surface area contributed by atoms with Crippen molar-refractivity contribution in [2.45, 2.75) is 36.8 Å². The highest BCUT2D eigenvalue weighted by atomic mass is 32.2. The highest BCUT2D eigenvalue weighted by Crippen LogP contribution is 2.33. The zero-order chi connectivity index (χ0) is 20.1. The molecule has 0 radical (unpaired) electrons. The van der Waals surface area contributed by atoms with Crippen LogP contribution in [0.15, 0.2) is 47.4 Å². The number of thioether (sulfide) groups is 1. The fraction of sp³-hybridized carbons (Fsp3) is 0.500.